The molecule has 0 spiro atoms. The summed E-state index contributed by atoms with van der Waals surface area (Å²) in [4.78, 5) is 3.99. The molecule has 5 nitrogen and oxygen atoms in total. The van der Waals surface area contributed by atoms with E-state index in [2.05, 4.69) is 22.4 Å². The number of nitrogens with two attached hydrogens (primary N) is 1. The molecule has 1 aromatic carbocycles. The number of imidazole rings is 1. The standard InChI is InChI=1S/C14H20N4O/c1-19-13-5-3-12(4-6-13)9-16-7-2-8-18-10-14(15)17-11-18/h3-6,10-11,16H,2,7-9,15H2,1H3. The number of hydrogen-bond acceptors (Lipinski definition) is 4. The number of benzene rings is 1. The predicted molar refractivity (Wildman–Crippen MR) is 76.0 cm³/mol. The summed E-state index contributed by atoms with van der Waals surface area (Å²) in [6.07, 6.45) is 4.66. The monoisotopic (exact) mass is 260 g/mol. The van der Waals surface area contributed by atoms with E-state index in [1.54, 1.807) is 13.4 Å². The van der Waals surface area contributed by atoms with Gasteiger partial charge >= 0.3 is 0 Å². The van der Waals surface area contributed by atoms with Crippen LogP contribution in [0.5, 0.6) is 5.75 Å². The lowest BCUT2D eigenvalue weighted by molar-refractivity contribution is 0.414. The number of hydrogen-bond donors (Lipinski definition) is 2. The van der Waals surface area contributed by atoms with Crippen LogP contribution >= 0.6 is 0 Å². The SMILES string of the molecule is COc1ccc(CNCCCn2cnc(N)c2)cc1. The first kappa shape index (κ1) is 13.4. The van der Waals surface area contributed by atoms with E-state index in [0.29, 0.717) is 5.82 Å². The summed E-state index contributed by atoms with van der Waals surface area (Å²) in [6.45, 7) is 2.76. The number of aryl methyl sites for hydroxylation is 1. The van der Waals surface area contributed by atoms with Gasteiger partial charge in [0, 0.05) is 19.3 Å². The normalized spacial score (nSPS) is 10.6. The average Bonchev–Trinajstić information content (AvgIpc) is 2.85. The molecule has 0 aliphatic rings. The average molecular weight is 260 g/mol. The van der Waals surface area contributed by atoms with Gasteiger partial charge in [0.15, 0.2) is 0 Å². The first-order valence-corrected chi connectivity index (χ1v) is 6.39. The zero-order valence-electron chi connectivity index (χ0n) is 11.2. The van der Waals surface area contributed by atoms with Crippen LogP contribution in [0.2, 0.25) is 0 Å². The number of anilines is 1. The maximum Gasteiger partial charge on any atom is 0.141 e. The number of rotatable bonds is 7. The Morgan fingerprint density at radius 1 is 1.32 bits per heavy atom. The minimum absolute atomic E-state index is 0.575. The zero-order chi connectivity index (χ0) is 13.5. The summed E-state index contributed by atoms with van der Waals surface area (Å²) >= 11 is 0. The van der Waals surface area contributed by atoms with E-state index in [1.165, 1.54) is 5.56 Å². The quantitative estimate of drug-likeness (QED) is 0.743. The summed E-state index contributed by atoms with van der Waals surface area (Å²) in [7, 11) is 1.68. The number of aromatic nitrogens is 2. The topological polar surface area (TPSA) is 65.1 Å². The van der Waals surface area contributed by atoms with Gasteiger partial charge in [-0.15, -0.1) is 0 Å². The Kier molecular flexibility index (Phi) is 4.80. The predicted octanol–water partition coefficient (Wildman–Crippen LogP) is 1.65. The van der Waals surface area contributed by atoms with Gasteiger partial charge < -0.3 is 20.4 Å². The lowest BCUT2D eigenvalue weighted by atomic mass is 10.2. The van der Waals surface area contributed by atoms with Crippen molar-refractivity contribution in [3.63, 3.8) is 0 Å². The van der Waals surface area contributed by atoms with Crippen molar-refractivity contribution >= 4 is 5.82 Å². The van der Waals surface area contributed by atoms with Gasteiger partial charge in [-0.2, -0.15) is 0 Å². The van der Waals surface area contributed by atoms with Gasteiger partial charge in [-0.3, -0.25) is 0 Å². The number of nitrogens with zero attached hydrogens (tertiary/aromatic N) is 2. The van der Waals surface area contributed by atoms with Crippen molar-refractivity contribution in [3.05, 3.63) is 42.4 Å². The molecule has 0 aliphatic heterocycles. The molecule has 102 valence electrons. The van der Waals surface area contributed by atoms with Gasteiger partial charge in [-0.1, -0.05) is 12.1 Å². The van der Waals surface area contributed by atoms with Gasteiger partial charge in [0.2, 0.25) is 0 Å². The van der Waals surface area contributed by atoms with Gasteiger partial charge in [0.1, 0.15) is 11.6 Å². The fourth-order valence-corrected chi connectivity index (χ4v) is 1.86. The second kappa shape index (κ2) is 6.80. The van der Waals surface area contributed by atoms with E-state index >= 15 is 0 Å². The summed E-state index contributed by atoms with van der Waals surface area (Å²) in [5.74, 6) is 1.47. The summed E-state index contributed by atoms with van der Waals surface area (Å²) < 4.78 is 7.13. The summed E-state index contributed by atoms with van der Waals surface area (Å²) in [6, 6.07) is 8.10. The Labute approximate surface area is 113 Å². The molecule has 0 bridgehead atoms. The third-order valence-electron chi connectivity index (χ3n) is 2.91. The minimum Gasteiger partial charge on any atom is -0.497 e. The molecule has 0 radical (unpaired) electrons. The van der Waals surface area contributed by atoms with Crippen LogP contribution < -0.4 is 15.8 Å². The van der Waals surface area contributed by atoms with Crippen LogP contribution in [-0.2, 0) is 13.1 Å². The van der Waals surface area contributed by atoms with Gasteiger partial charge in [0.25, 0.3) is 0 Å². The van der Waals surface area contributed by atoms with Crippen molar-refractivity contribution in [1.82, 2.24) is 14.9 Å². The van der Waals surface area contributed by atoms with E-state index in [1.807, 2.05) is 22.9 Å². The van der Waals surface area contributed by atoms with E-state index in [-0.39, 0.29) is 0 Å². The van der Waals surface area contributed by atoms with Crippen LogP contribution in [-0.4, -0.2) is 23.2 Å². The molecule has 0 saturated carbocycles. The molecule has 0 saturated heterocycles. The van der Waals surface area contributed by atoms with Crippen molar-refractivity contribution in [2.75, 3.05) is 19.4 Å². The van der Waals surface area contributed by atoms with E-state index in [0.717, 1.165) is 31.8 Å². The number of nitrogen functional groups attached to an aromatic ring is 1. The number of methoxy groups -OCH3 is 1. The molecule has 2 aromatic rings. The highest BCUT2D eigenvalue weighted by Crippen LogP contribution is 2.10. The van der Waals surface area contributed by atoms with Gasteiger partial charge in [0.05, 0.1) is 13.4 Å². The van der Waals surface area contributed by atoms with Gasteiger partial charge in [-0.25, -0.2) is 4.98 Å². The molecule has 0 fully saturated rings. The van der Waals surface area contributed by atoms with Crippen molar-refractivity contribution in [3.8, 4) is 5.75 Å². The molecule has 0 aliphatic carbocycles. The second-order valence-corrected chi connectivity index (χ2v) is 4.41. The minimum atomic E-state index is 0.575. The first-order chi connectivity index (χ1) is 9.28. The molecule has 19 heavy (non-hydrogen) atoms. The molecule has 0 amide bonds. The number of ether oxygens (including phenoxy) is 1. The Balaban J connectivity index is 1.63. The lowest BCUT2D eigenvalue weighted by Crippen LogP contribution is -2.16. The van der Waals surface area contributed by atoms with Crippen molar-refractivity contribution in [1.29, 1.82) is 0 Å². The molecule has 0 unspecified atom stereocenters. The van der Waals surface area contributed by atoms with Crippen LogP contribution in [0.1, 0.15) is 12.0 Å². The molecule has 1 aromatic heterocycles. The first-order valence-electron chi connectivity index (χ1n) is 6.39. The smallest absolute Gasteiger partial charge is 0.141 e. The van der Waals surface area contributed by atoms with Crippen LogP contribution in [0, 0.1) is 0 Å². The summed E-state index contributed by atoms with van der Waals surface area (Å²) in [5, 5.41) is 3.41. The molecular formula is C14H20N4O. The Morgan fingerprint density at radius 2 is 2.11 bits per heavy atom. The highest BCUT2D eigenvalue weighted by Gasteiger charge is 1.96. The fourth-order valence-electron chi connectivity index (χ4n) is 1.86. The summed E-state index contributed by atoms with van der Waals surface area (Å²) in [5.41, 5.74) is 6.81. The highest BCUT2D eigenvalue weighted by molar-refractivity contribution is 5.27. The highest BCUT2D eigenvalue weighted by atomic mass is 16.5. The van der Waals surface area contributed by atoms with Gasteiger partial charge in [-0.05, 0) is 30.7 Å². The molecule has 3 N–H and O–H groups in total. The maximum absolute atomic E-state index is 5.55. The molecular weight excluding hydrogens is 240 g/mol. The Hall–Kier alpha value is -2.01. The van der Waals surface area contributed by atoms with Crippen molar-refractivity contribution in [2.24, 2.45) is 0 Å². The van der Waals surface area contributed by atoms with E-state index in [4.69, 9.17) is 10.5 Å². The third kappa shape index (κ3) is 4.30. The van der Waals surface area contributed by atoms with E-state index < -0.39 is 0 Å². The fraction of sp³-hybridized carbons (Fsp3) is 0.357. The maximum atomic E-state index is 5.55. The largest absolute Gasteiger partial charge is 0.497 e. The second-order valence-electron chi connectivity index (χ2n) is 4.41. The van der Waals surface area contributed by atoms with Crippen molar-refractivity contribution < 1.29 is 4.74 Å². The van der Waals surface area contributed by atoms with Crippen LogP contribution in [0.3, 0.4) is 0 Å². The van der Waals surface area contributed by atoms with E-state index in [9.17, 15) is 0 Å². The molecule has 1 heterocycles. The lowest BCUT2D eigenvalue weighted by Gasteiger charge is -2.06. The number of nitrogens with one attached hydrogen (secondary N) is 1. The van der Waals surface area contributed by atoms with Crippen molar-refractivity contribution in [2.45, 2.75) is 19.5 Å². The zero-order valence-corrected chi connectivity index (χ0v) is 11.2. The Bertz CT molecular complexity index is 492. The van der Waals surface area contributed by atoms with Crippen LogP contribution in [0.25, 0.3) is 0 Å². The van der Waals surface area contributed by atoms with Crippen LogP contribution in [0.15, 0.2) is 36.8 Å². The third-order valence-corrected chi connectivity index (χ3v) is 2.91. The molecule has 2 rings (SSSR count). The molecule has 0 atom stereocenters. The van der Waals surface area contributed by atoms with Crippen LogP contribution in [0.4, 0.5) is 5.82 Å². The molecule has 5 heteroatoms. The Morgan fingerprint density at radius 3 is 2.74 bits per heavy atom.